The number of hydrogen-bond donors (Lipinski definition) is 1. The van der Waals surface area contributed by atoms with E-state index >= 15 is 0 Å². The maximum Gasteiger partial charge on any atom is 0.394 e. The average molecular weight is 442 g/mol. The third-order valence-electron chi connectivity index (χ3n) is 5.32. The summed E-state index contributed by atoms with van der Waals surface area (Å²) in [5.41, 5.74) is 2.69. The summed E-state index contributed by atoms with van der Waals surface area (Å²) < 4.78 is 39.6. The lowest BCUT2D eigenvalue weighted by atomic mass is 9.95. The van der Waals surface area contributed by atoms with E-state index in [4.69, 9.17) is 23.2 Å². The Morgan fingerprint density at radius 3 is 2.55 bits per heavy atom. The summed E-state index contributed by atoms with van der Waals surface area (Å²) in [7, 11) is 0. The van der Waals surface area contributed by atoms with Crippen LogP contribution in [0.3, 0.4) is 0 Å². The highest BCUT2D eigenvalue weighted by atomic mass is 35.5. The van der Waals surface area contributed by atoms with Crippen molar-refractivity contribution in [3.05, 3.63) is 52.4 Å². The largest absolute Gasteiger partial charge is 0.394 e. The van der Waals surface area contributed by atoms with Gasteiger partial charge in [0.25, 0.3) is 0 Å². The maximum atomic E-state index is 12.7. The van der Waals surface area contributed by atoms with Crippen molar-refractivity contribution in [3.63, 3.8) is 0 Å². The second-order valence-electron chi connectivity index (χ2n) is 7.45. The standard InChI is InChI=1S/C21H20Cl2F3N3/c22-17-10-13(6-7-18(17)28-14-4-2-1-3-5-14)16-8-9-29-15(11-21(24,25)26)12-27-20(29)19(16)23/h6-10,12,14,28H,1-5,11H2. The number of nitrogens with one attached hydrogen (secondary N) is 1. The fourth-order valence-corrected chi connectivity index (χ4v) is 4.44. The van der Waals surface area contributed by atoms with E-state index in [1.165, 1.54) is 29.9 Å². The summed E-state index contributed by atoms with van der Waals surface area (Å²) in [6.45, 7) is 0. The van der Waals surface area contributed by atoms with Gasteiger partial charge in [-0.1, -0.05) is 48.5 Å². The van der Waals surface area contributed by atoms with Gasteiger partial charge in [-0.25, -0.2) is 4.98 Å². The molecule has 2 heterocycles. The molecule has 0 spiro atoms. The predicted octanol–water partition coefficient (Wildman–Crippen LogP) is 7.16. The third kappa shape index (κ3) is 4.48. The van der Waals surface area contributed by atoms with Crippen LogP contribution in [0.2, 0.25) is 10.0 Å². The summed E-state index contributed by atoms with van der Waals surface area (Å²) in [4.78, 5) is 4.09. The molecule has 0 radical (unpaired) electrons. The van der Waals surface area contributed by atoms with Crippen LogP contribution in [0.1, 0.15) is 37.8 Å². The number of anilines is 1. The van der Waals surface area contributed by atoms with Gasteiger partial charge in [0.2, 0.25) is 0 Å². The van der Waals surface area contributed by atoms with Gasteiger partial charge in [0.1, 0.15) is 0 Å². The van der Waals surface area contributed by atoms with E-state index in [2.05, 4.69) is 10.3 Å². The van der Waals surface area contributed by atoms with Crippen molar-refractivity contribution >= 4 is 34.5 Å². The van der Waals surface area contributed by atoms with Gasteiger partial charge in [0.05, 0.1) is 27.8 Å². The molecule has 0 saturated heterocycles. The van der Waals surface area contributed by atoms with E-state index in [-0.39, 0.29) is 5.69 Å². The second kappa shape index (κ2) is 8.07. The van der Waals surface area contributed by atoms with Gasteiger partial charge in [0, 0.05) is 24.0 Å². The number of aromatic nitrogens is 2. The minimum atomic E-state index is -4.31. The molecule has 154 valence electrons. The topological polar surface area (TPSA) is 29.3 Å². The van der Waals surface area contributed by atoms with Gasteiger partial charge in [-0.15, -0.1) is 0 Å². The Balaban J connectivity index is 1.62. The van der Waals surface area contributed by atoms with Crippen molar-refractivity contribution in [3.8, 4) is 11.1 Å². The normalized spacial score (nSPS) is 15.8. The van der Waals surface area contributed by atoms with Crippen LogP contribution < -0.4 is 5.32 Å². The number of pyridine rings is 1. The van der Waals surface area contributed by atoms with E-state index in [9.17, 15) is 13.2 Å². The van der Waals surface area contributed by atoms with Gasteiger partial charge >= 0.3 is 6.18 Å². The van der Waals surface area contributed by atoms with Crippen molar-refractivity contribution in [1.82, 2.24) is 9.38 Å². The van der Waals surface area contributed by atoms with Gasteiger partial charge in [0.15, 0.2) is 5.65 Å². The molecule has 1 aliphatic carbocycles. The zero-order valence-corrected chi connectivity index (χ0v) is 17.1. The molecule has 1 aromatic carbocycles. The zero-order valence-electron chi connectivity index (χ0n) is 15.6. The molecule has 0 unspecified atom stereocenters. The Morgan fingerprint density at radius 1 is 1.10 bits per heavy atom. The van der Waals surface area contributed by atoms with Crippen LogP contribution in [0, 0.1) is 0 Å². The van der Waals surface area contributed by atoms with Gasteiger partial charge in [-0.3, -0.25) is 0 Å². The number of nitrogens with zero attached hydrogens (tertiary/aromatic N) is 2. The summed E-state index contributed by atoms with van der Waals surface area (Å²) >= 11 is 13.0. The molecule has 0 atom stereocenters. The van der Waals surface area contributed by atoms with Gasteiger partial charge in [-0.2, -0.15) is 13.2 Å². The lowest BCUT2D eigenvalue weighted by Gasteiger charge is -2.24. The van der Waals surface area contributed by atoms with Crippen LogP contribution in [-0.2, 0) is 6.42 Å². The van der Waals surface area contributed by atoms with Crippen molar-refractivity contribution in [1.29, 1.82) is 0 Å². The molecule has 3 nitrogen and oxygen atoms in total. The molecule has 29 heavy (non-hydrogen) atoms. The van der Waals surface area contributed by atoms with Crippen LogP contribution >= 0.6 is 23.2 Å². The molecule has 0 bridgehead atoms. The highest BCUT2D eigenvalue weighted by Gasteiger charge is 2.29. The Morgan fingerprint density at radius 2 is 1.86 bits per heavy atom. The van der Waals surface area contributed by atoms with E-state index in [1.54, 1.807) is 12.3 Å². The number of imidazole rings is 1. The molecule has 4 rings (SSSR count). The quantitative estimate of drug-likeness (QED) is 0.465. The zero-order chi connectivity index (χ0) is 20.6. The monoisotopic (exact) mass is 441 g/mol. The summed E-state index contributed by atoms with van der Waals surface area (Å²) in [6.07, 6.45) is 3.42. The van der Waals surface area contributed by atoms with Crippen LogP contribution in [0.4, 0.5) is 18.9 Å². The second-order valence-corrected chi connectivity index (χ2v) is 8.24. The first kappa shape index (κ1) is 20.4. The number of rotatable bonds is 4. The van der Waals surface area contributed by atoms with Gasteiger partial charge < -0.3 is 9.72 Å². The average Bonchev–Trinajstić information content (AvgIpc) is 3.07. The number of hydrogen-bond acceptors (Lipinski definition) is 2. The molecule has 1 N–H and O–H groups in total. The molecular formula is C21H20Cl2F3N3. The molecular weight excluding hydrogens is 422 g/mol. The van der Waals surface area contributed by atoms with E-state index in [1.807, 2.05) is 18.2 Å². The number of fused-ring (bicyclic) bond motifs is 1. The molecule has 2 aromatic heterocycles. The van der Waals surface area contributed by atoms with Crippen molar-refractivity contribution < 1.29 is 13.2 Å². The minimum Gasteiger partial charge on any atom is -0.381 e. The van der Waals surface area contributed by atoms with Crippen molar-refractivity contribution in [2.75, 3.05) is 5.32 Å². The van der Waals surface area contributed by atoms with E-state index in [0.717, 1.165) is 24.1 Å². The van der Waals surface area contributed by atoms with E-state index in [0.29, 0.717) is 27.3 Å². The minimum absolute atomic E-state index is 0.0472. The van der Waals surface area contributed by atoms with E-state index < -0.39 is 12.6 Å². The molecule has 0 aliphatic heterocycles. The van der Waals surface area contributed by atoms with Crippen LogP contribution in [-0.4, -0.2) is 21.6 Å². The molecule has 0 amide bonds. The summed E-state index contributed by atoms with van der Waals surface area (Å²) in [5.74, 6) is 0. The highest BCUT2D eigenvalue weighted by Crippen LogP contribution is 2.36. The molecule has 3 aromatic rings. The first-order chi connectivity index (χ1) is 13.8. The number of halogens is 5. The lowest BCUT2D eigenvalue weighted by molar-refractivity contribution is -0.127. The molecule has 1 saturated carbocycles. The van der Waals surface area contributed by atoms with Crippen LogP contribution in [0.15, 0.2) is 36.7 Å². The predicted molar refractivity (Wildman–Crippen MR) is 111 cm³/mol. The van der Waals surface area contributed by atoms with Crippen molar-refractivity contribution in [2.45, 2.75) is 50.7 Å². The molecule has 1 aliphatic rings. The summed E-state index contributed by atoms with van der Waals surface area (Å²) in [6, 6.07) is 7.78. The third-order valence-corrected chi connectivity index (χ3v) is 6.01. The van der Waals surface area contributed by atoms with Gasteiger partial charge in [-0.05, 0) is 36.6 Å². The SMILES string of the molecule is FC(F)(F)Cc1cnc2c(Cl)c(-c3ccc(NC4CCCCC4)c(Cl)c3)ccn12. The first-order valence-corrected chi connectivity index (χ1v) is 10.3. The maximum absolute atomic E-state index is 12.7. The van der Waals surface area contributed by atoms with Crippen LogP contribution in [0.25, 0.3) is 16.8 Å². The number of alkyl halides is 3. The Bertz CT molecular complexity index is 1020. The fraction of sp³-hybridized carbons (Fsp3) is 0.381. The molecule has 8 heteroatoms. The van der Waals surface area contributed by atoms with Crippen LogP contribution in [0.5, 0.6) is 0 Å². The lowest BCUT2D eigenvalue weighted by Crippen LogP contribution is -2.22. The molecule has 1 fully saturated rings. The number of benzene rings is 1. The summed E-state index contributed by atoms with van der Waals surface area (Å²) in [5, 5.41) is 4.39. The smallest absolute Gasteiger partial charge is 0.381 e. The Labute approximate surface area is 176 Å². The highest BCUT2D eigenvalue weighted by molar-refractivity contribution is 6.36. The van der Waals surface area contributed by atoms with Crippen molar-refractivity contribution in [2.24, 2.45) is 0 Å². The fourth-order valence-electron chi connectivity index (χ4n) is 3.89. The Kier molecular flexibility index (Phi) is 5.67. The Hall–Kier alpha value is -1.92. The first-order valence-electron chi connectivity index (χ1n) is 9.59.